The maximum Gasteiger partial charge on any atom is 0.243 e. The minimum atomic E-state index is -0.306. The van der Waals surface area contributed by atoms with Crippen LogP contribution < -0.4 is 5.32 Å². The number of rotatable bonds is 6. The van der Waals surface area contributed by atoms with Crippen LogP contribution in [0.4, 0.5) is 0 Å². The number of nitrogens with one attached hydrogen (secondary N) is 1. The number of thioether (sulfide) groups is 1. The third-order valence-corrected chi connectivity index (χ3v) is 7.12. The van der Waals surface area contributed by atoms with Gasteiger partial charge in [-0.1, -0.05) is 26.7 Å². The van der Waals surface area contributed by atoms with Crippen LogP contribution in [0.3, 0.4) is 0 Å². The molecule has 1 N–H and O–H groups in total. The summed E-state index contributed by atoms with van der Waals surface area (Å²) < 4.78 is 0. The van der Waals surface area contributed by atoms with Crippen LogP contribution in [0, 0.1) is 5.92 Å². The molecule has 0 bridgehead atoms. The lowest BCUT2D eigenvalue weighted by molar-refractivity contribution is -0.141. The second-order valence-corrected chi connectivity index (χ2v) is 9.07. The van der Waals surface area contributed by atoms with Gasteiger partial charge in [-0.3, -0.25) is 9.59 Å². The van der Waals surface area contributed by atoms with Crippen LogP contribution in [-0.2, 0) is 16.0 Å². The molecule has 25 heavy (non-hydrogen) atoms. The van der Waals surface area contributed by atoms with Crippen molar-refractivity contribution in [3.8, 4) is 0 Å². The molecule has 1 aliphatic heterocycles. The standard InChI is InChI=1S/C18H27N3O2S2/c1-12(2)17-20-14(9-25-17)7-8-19-16(22)15-10-24-11-21(15)18(23)13-5-3-4-6-13/h9,12-13,15H,3-8,10-11H2,1-2H3,(H,19,22). The molecular formula is C18H27N3O2S2. The van der Waals surface area contributed by atoms with E-state index in [4.69, 9.17) is 0 Å². The van der Waals surface area contributed by atoms with Crippen LogP contribution in [0.1, 0.15) is 56.2 Å². The topological polar surface area (TPSA) is 62.3 Å². The summed E-state index contributed by atoms with van der Waals surface area (Å²) in [5.41, 5.74) is 1.04. The molecule has 1 aliphatic carbocycles. The van der Waals surface area contributed by atoms with Crippen LogP contribution in [0.2, 0.25) is 0 Å². The summed E-state index contributed by atoms with van der Waals surface area (Å²) in [6.45, 7) is 4.85. The largest absolute Gasteiger partial charge is 0.354 e. The number of carbonyl (C=O) groups excluding carboxylic acids is 2. The summed E-state index contributed by atoms with van der Waals surface area (Å²) in [6, 6.07) is -0.306. The number of thiazole rings is 1. The van der Waals surface area contributed by atoms with Gasteiger partial charge in [0.1, 0.15) is 6.04 Å². The first-order valence-corrected chi connectivity index (χ1v) is 11.2. The van der Waals surface area contributed by atoms with E-state index in [1.165, 1.54) is 0 Å². The van der Waals surface area contributed by atoms with Crippen LogP contribution in [0.5, 0.6) is 0 Å². The second kappa shape index (κ2) is 8.54. The molecule has 138 valence electrons. The van der Waals surface area contributed by atoms with Gasteiger partial charge in [0.25, 0.3) is 0 Å². The molecule has 1 aromatic heterocycles. The molecular weight excluding hydrogens is 354 g/mol. The average molecular weight is 382 g/mol. The van der Waals surface area contributed by atoms with Crippen molar-refractivity contribution in [1.82, 2.24) is 15.2 Å². The summed E-state index contributed by atoms with van der Waals surface area (Å²) in [5.74, 6) is 2.10. The number of nitrogens with zero attached hydrogens (tertiary/aromatic N) is 2. The normalized spacial score (nSPS) is 21.2. The van der Waals surface area contributed by atoms with E-state index in [-0.39, 0.29) is 23.8 Å². The third-order valence-electron chi connectivity index (χ3n) is 4.92. The Morgan fingerprint density at radius 1 is 1.36 bits per heavy atom. The van der Waals surface area contributed by atoms with Gasteiger partial charge < -0.3 is 10.2 Å². The Labute approximate surface area is 158 Å². The first-order valence-electron chi connectivity index (χ1n) is 9.16. The molecule has 2 heterocycles. The van der Waals surface area contributed by atoms with E-state index in [2.05, 4.69) is 29.5 Å². The van der Waals surface area contributed by atoms with E-state index >= 15 is 0 Å². The number of hydrogen-bond acceptors (Lipinski definition) is 5. The highest BCUT2D eigenvalue weighted by Crippen LogP contribution is 2.30. The maximum atomic E-state index is 12.6. The molecule has 2 fully saturated rings. The van der Waals surface area contributed by atoms with E-state index in [1.807, 2.05) is 0 Å². The summed E-state index contributed by atoms with van der Waals surface area (Å²) in [5, 5.41) is 6.22. The van der Waals surface area contributed by atoms with Crippen molar-refractivity contribution in [3.63, 3.8) is 0 Å². The molecule has 0 aromatic carbocycles. The zero-order chi connectivity index (χ0) is 17.8. The van der Waals surface area contributed by atoms with Crippen molar-refractivity contribution in [2.24, 2.45) is 5.92 Å². The van der Waals surface area contributed by atoms with E-state index < -0.39 is 0 Å². The molecule has 0 radical (unpaired) electrons. The van der Waals surface area contributed by atoms with Crippen molar-refractivity contribution in [2.75, 3.05) is 18.2 Å². The van der Waals surface area contributed by atoms with Crippen molar-refractivity contribution in [3.05, 3.63) is 16.1 Å². The second-order valence-electron chi connectivity index (χ2n) is 7.18. The van der Waals surface area contributed by atoms with Crippen molar-refractivity contribution < 1.29 is 9.59 Å². The van der Waals surface area contributed by atoms with Gasteiger partial charge in [-0.25, -0.2) is 4.98 Å². The molecule has 1 saturated heterocycles. The molecule has 2 aliphatic rings. The molecule has 5 nitrogen and oxygen atoms in total. The SMILES string of the molecule is CC(C)c1nc(CCNC(=O)C2CSCN2C(=O)C2CCCC2)cs1. The number of aromatic nitrogens is 1. The molecule has 7 heteroatoms. The van der Waals surface area contributed by atoms with Gasteiger partial charge in [-0.05, 0) is 12.8 Å². The minimum Gasteiger partial charge on any atom is -0.354 e. The Morgan fingerprint density at radius 3 is 2.80 bits per heavy atom. The van der Waals surface area contributed by atoms with Gasteiger partial charge in [0.05, 0.1) is 16.6 Å². The smallest absolute Gasteiger partial charge is 0.243 e. The predicted octanol–water partition coefficient (Wildman–Crippen LogP) is 3.02. The van der Waals surface area contributed by atoms with Gasteiger partial charge in [0.15, 0.2) is 0 Å². The number of amides is 2. The predicted molar refractivity (Wildman–Crippen MR) is 103 cm³/mol. The fourth-order valence-corrected chi connectivity index (χ4v) is 5.45. The Bertz CT molecular complexity index is 611. The number of hydrogen-bond donors (Lipinski definition) is 1. The van der Waals surface area contributed by atoms with Gasteiger partial charge in [0.2, 0.25) is 11.8 Å². The zero-order valence-corrected chi connectivity index (χ0v) is 16.6. The molecule has 2 amide bonds. The monoisotopic (exact) mass is 381 g/mol. The van der Waals surface area contributed by atoms with Crippen molar-refractivity contribution in [2.45, 2.75) is 57.9 Å². The average Bonchev–Trinajstić information content (AvgIpc) is 3.33. The van der Waals surface area contributed by atoms with E-state index in [0.717, 1.165) is 42.8 Å². The third kappa shape index (κ3) is 4.56. The quantitative estimate of drug-likeness (QED) is 0.823. The zero-order valence-electron chi connectivity index (χ0n) is 15.0. The summed E-state index contributed by atoms with van der Waals surface area (Å²) in [4.78, 5) is 31.6. The molecule has 1 unspecified atom stereocenters. The fourth-order valence-electron chi connectivity index (χ4n) is 3.42. The van der Waals surface area contributed by atoms with Gasteiger partial charge in [-0.15, -0.1) is 23.1 Å². The number of carbonyl (C=O) groups is 2. The maximum absolute atomic E-state index is 12.6. The van der Waals surface area contributed by atoms with Gasteiger partial charge in [0, 0.05) is 35.9 Å². The first-order chi connectivity index (χ1) is 12.1. The summed E-state index contributed by atoms with van der Waals surface area (Å²) in [6.07, 6.45) is 4.98. The highest BCUT2D eigenvalue weighted by molar-refractivity contribution is 7.99. The summed E-state index contributed by atoms with van der Waals surface area (Å²) >= 11 is 3.36. The Hall–Kier alpha value is -1.08. The molecule has 1 saturated carbocycles. The van der Waals surface area contributed by atoms with Crippen molar-refractivity contribution in [1.29, 1.82) is 0 Å². The highest BCUT2D eigenvalue weighted by atomic mass is 32.2. The van der Waals surface area contributed by atoms with Gasteiger partial charge >= 0.3 is 0 Å². The first kappa shape index (κ1) is 18.7. The fraction of sp³-hybridized carbons (Fsp3) is 0.722. The van der Waals surface area contributed by atoms with E-state index in [9.17, 15) is 9.59 Å². The van der Waals surface area contributed by atoms with E-state index in [0.29, 0.717) is 24.1 Å². The van der Waals surface area contributed by atoms with Crippen LogP contribution in [0.25, 0.3) is 0 Å². The lowest BCUT2D eigenvalue weighted by Gasteiger charge is -2.25. The van der Waals surface area contributed by atoms with Crippen molar-refractivity contribution >= 4 is 34.9 Å². The lowest BCUT2D eigenvalue weighted by Crippen LogP contribution is -2.49. The summed E-state index contributed by atoms with van der Waals surface area (Å²) in [7, 11) is 0. The lowest BCUT2D eigenvalue weighted by atomic mass is 10.1. The molecule has 3 rings (SSSR count). The van der Waals surface area contributed by atoms with Crippen LogP contribution in [0.15, 0.2) is 5.38 Å². The van der Waals surface area contributed by atoms with Gasteiger partial charge in [-0.2, -0.15) is 0 Å². The minimum absolute atomic E-state index is 0.0179. The Morgan fingerprint density at radius 2 is 2.12 bits per heavy atom. The molecule has 0 spiro atoms. The van der Waals surface area contributed by atoms with E-state index in [1.54, 1.807) is 28.0 Å². The van der Waals surface area contributed by atoms with Crippen LogP contribution in [-0.4, -0.2) is 45.9 Å². The highest BCUT2D eigenvalue weighted by Gasteiger charge is 2.38. The molecule has 1 aromatic rings. The molecule has 1 atom stereocenters. The van der Waals surface area contributed by atoms with Crippen LogP contribution >= 0.6 is 23.1 Å². The Balaban J connectivity index is 1.48. The Kier molecular flexibility index (Phi) is 6.39.